The van der Waals surface area contributed by atoms with Crippen LogP contribution in [0.3, 0.4) is 0 Å². The number of nitrogens with zero attached hydrogens (tertiary/aromatic N) is 6. The molecule has 3 rings (SSSR count). The van der Waals surface area contributed by atoms with Crippen LogP contribution >= 0.6 is 0 Å². The van der Waals surface area contributed by atoms with Crippen LogP contribution in [0, 0.1) is 322 Å². The SMILES string of the molecule is C#CC#CC#CC#CC#CC#CC#CC#CC#CNC(=O)OC(COCC(C)OCC(C)OCC(CN1CCN(CC(COCC(C)OCC(C)OCC(CN2CCN(C)CC2)OC(=O)NC#CC#CC#CC#CC#CC#CC#CC#CC#C)OC(=O)CC)CC1)OC(=O)NC#CC#CC#CC#CC#CC#CC#CC#CC#C)CN1CCN(C)CC1. The molecule has 3 amide bonds. The van der Waals surface area contributed by atoms with Crippen LogP contribution < -0.4 is 16.0 Å². The van der Waals surface area contributed by atoms with Crippen LogP contribution in [-0.4, -0.2) is 274 Å². The average Bonchev–Trinajstić information content (AvgIpc) is 0.885. The minimum absolute atomic E-state index is 0.00818. The van der Waals surface area contributed by atoms with Crippen LogP contribution in [0.2, 0.25) is 0 Å². The monoisotopic (exact) mass is 1610 g/mol. The molecule has 121 heavy (non-hydrogen) atoms. The predicted octanol–water partition coefficient (Wildman–Crippen LogP) is 0.212. The van der Waals surface area contributed by atoms with E-state index < -0.39 is 61.0 Å². The highest BCUT2D eigenvalue weighted by molar-refractivity contribution is 5.71. The molecule has 3 aliphatic rings. The summed E-state index contributed by atoms with van der Waals surface area (Å²) in [4.78, 5) is 65.0. The summed E-state index contributed by atoms with van der Waals surface area (Å²) in [5.41, 5.74) is 0. The largest absolute Gasteiger partial charge is 0.459 e. The van der Waals surface area contributed by atoms with Crippen molar-refractivity contribution < 1.29 is 66.5 Å². The Morgan fingerprint density at radius 2 is 0.471 bits per heavy atom. The van der Waals surface area contributed by atoms with E-state index in [2.05, 4.69) is 355 Å². The molecule has 0 aromatic carbocycles. The Balaban J connectivity index is 1.60. The number of hydrogen-bond acceptors (Lipinski definition) is 20. The van der Waals surface area contributed by atoms with E-state index in [1.807, 2.05) is 34.7 Å². The number of nitrogens with one attached hydrogen (secondary N) is 3. The van der Waals surface area contributed by atoms with E-state index in [9.17, 15) is 19.2 Å². The third-order valence-corrected chi connectivity index (χ3v) is 15.1. The molecule has 0 aromatic heterocycles. The standard InChI is InChI=1S/C98H85N9O14/c1-11-15-18-21-24-27-30-33-36-39-42-45-48-51-54-57-60-99-96(109)119-92(76-104-67-63-102(9)64-68-104)84-113-80-88(6)115-82-90(8)117-86-94(121-98(111)101-62-59-56-53-50-47-44-41-38-35-32-29-26-23-20-17-13-3)78-107-73-71-106(72-74-107)75-91(118-95(108)14-4)83-112-79-87(5)114-81-89(7)116-85-93(77-105-69-65-103(10)66-70-105)120-97(110)100-61-58-55-52-49-46-43-40-37-34-31-28-25-22-19-16-12-2/h1-3,87-94H,14,63-86H2,4-10H3,(H,99,109)(H,100,110)(H,101,111). The lowest BCUT2D eigenvalue weighted by atomic mass is 10.2. The van der Waals surface area contributed by atoms with Gasteiger partial charge in [0, 0.05) is 271 Å². The molecule has 0 spiro atoms. The molecule has 3 aliphatic heterocycles. The summed E-state index contributed by atoms with van der Waals surface area (Å²) in [5, 5.41) is 7.18. The molecule has 8 unspecified atom stereocenters. The van der Waals surface area contributed by atoms with Crippen molar-refractivity contribution in [2.24, 2.45) is 0 Å². The van der Waals surface area contributed by atoms with Gasteiger partial charge in [-0.2, -0.15) is 0 Å². The Labute approximate surface area is 715 Å². The van der Waals surface area contributed by atoms with Gasteiger partial charge in [-0.1, -0.05) is 6.92 Å². The smallest absolute Gasteiger partial charge is 0.419 e. The second kappa shape index (κ2) is 69.2. The van der Waals surface area contributed by atoms with Gasteiger partial charge in [0.1, 0.15) is 24.4 Å². The molecule has 0 bridgehead atoms. The number of carbonyl (C=O) groups is 4. The number of hydrogen-bond donors (Lipinski definition) is 3. The summed E-state index contributed by atoms with van der Waals surface area (Å²) >= 11 is 0. The van der Waals surface area contributed by atoms with E-state index in [1.54, 1.807) is 6.92 Å². The summed E-state index contributed by atoms with van der Waals surface area (Å²) in [6.45, 7) is 20.5. The Morgan fingerprint density at radius 1 is 0.273 bits per heavy atom. The lowest BCUT2D eigenvalue weighted by Crippen LogP contribution is -2.52. The van der Waals surface area contributed by atoms with E-state index in [0.29, 0.717) is 52.4 Å². The number of amides is 3. The Kier molecular flexibility index (Phi) is 57.3. The van der Waals surface area contributed by atoms with Gasteiger partial charge in [-0.3, -0.25) is 24.4 Å². The Bertz CT molecular complexity index is 5380. The van der Waals surface area contributed by atoms with Crippen molar-refractivity contribution >= 4 is 24.2 Å². The molecule has 0 saturated carbocycles. The number of carbonyl (C=O) groups excluding carboxylic acids is 4. The molecular formula is C98H85N9O14. The zero-order valence-corrected chi connectivity index (χ0v) is 68.4. The third kappa shape index (κ3) is 58.4. The van der Waals surface area contributed by atoms with Crippen molar-refractivity contribution in [3.63, 3.8) is 0 Å². The maximum atomic E-state index is 13.3. The van der Waals surface area contributed by atoms with Crippen molar-refractivity contribution in [3.8, 4) is 322 Å². The molecule has 3 N–H and O–H groups in total. The molecule has 0 radical (unpaired) electrons. The highest BCUT2D eigenvalue weighted by Gasteiger charge is 2.28. The topological polar surface area (TPSA) is 216 Å². The van der Waals surface area contributed by atoms with Gasteiger partial charge >= 0.3 is 24.2 Å². The van der Waals surface area contributed by atoms with Crippen molar-refractivity contribution in [2.75, 3.05) is 172 Å². The van der Waals surface area contributed by atoms with E-state index in [4.69, 9.17) is 66.6 Å². The lowest BCUT2D eigenvalue weighted by Gasteiger charge is -2.37. The Hall–Kier alpha value is -15.1. The number of rotatable bonds is 33. The second-order valence-electron chi connectivity index (χ2n) is 24.8. The first-order chi connectivity index (χ1) is 59.1. The van der Waals surface area contributed by atoms with Gasteiger partial charge in [0.05, 0.1) is 77.3 Å². The van der Waals surface area contributed by atoms with Crippen LogP contribution in [0.15, 0.2) is 0 Å². The number of piperazine rings is 3. The van der Waals surface area contributed by atoms with Crippen LogP contribution in [0.1, 0.15) is 41.0 Å². The van der Waals surface area contributed by atoms with Crippen molar-refractivity contribution in [1.29, 1.82) is 0 Å². The fourth-order valence-electron chi connectivity index (χ4n) is 9.41. The van der Waals surface area contributed by atoms with Gasteiger partial charge in [-0.05, 0) is 184 Å². The number of esters is 1. The van der Waals surface area contributed by atoms with Crippen LogP contribution in [-0.2, 0) is 52.2 Å². The van der Waals surface area contributed by atoms with Gasteiger partial charge in [0.25, 0.3) is 0 Å². The van der Waals surface area contributed by atoms with E-state index >= 15 is 0 Å². The maximum Gasteiger partial charge on any atom is 0.419 e. The number of ether oxygens (including phenoxy) is 10. The molecule has 23 nitrogen and oxygen atoms in total. The predicted molar refractivity (Wildman–Crippen MR) is 458 cm³/mol. The minimum Gasteiger partial charge on any atom is -0.459 e. The molecule has 3 fully saturated rings. The van der Waals surface area contributed by atoms with Gasteiger partial charge in [0.15, 0.2) is 0 Å². The summed E-state index contributed by atoms with van der Waals surface area (Å²) in [6, 6.07) is 7.40. The van der Waals surface area contributed by atoms with Gasteiger partial charge in [-0.15, -0.1) is 19.3 Å². The molecule has 606 valence electrons. The van der Waals surface area contributed by atoms with Gasteiger partial charge in [0.2, 0.25) is 0 Å². The summed E-state index contributed by atoms with van der Waals surface area (Å²) in [5.74, 6) is 118. The fraction of sp³-hybridized carbons (Fsp3) is 0.408. The molecule has 0 aliphatic carbocycles. The average molecular weight is 1610 g/mol. The summed E-state index contributed by atoms with van der Waals surface area (Å²) < 4.78 is 60.1. The van der Waals surface area contributed by atoms with Gasteiger partial charge < -0.3 is 57.2 Å². The Morgan fingerprint density at radius 3 is 0.711 bits per heavy atom. The first-order valence-corrected chi connectivity index (χ1v) is 37.4. The minimum atomic E-state index is -0.833. The molecule has 0 aromatic rings. The number of likely N-dealkylation sites (N-methyl/N-ethyl adjacent to an activating group) is 2. The highest BCUT2D eigenvalue weighted by Crippen LogP contribution is 2.13. The van der Waals surface area contributed by atoms with Crippen LogP contribution in [0.5, 0.6) is 0 Å². The highest BCUT2D eigenvalue weighted by atomic mass is 16.6. The van der Waals surface area contributed by atoms with Crippen LogP contribution in [0.25, 0.3) is 0 Å². The van der Waals surface area contributed by atoms with E-state index in [-0.39, 0.29) is 71.3 Å². The quantitative estimate of drug-likeness (QED) is 0.0347. The number of terminal acetylenes is 3. The van der Waals surface area contributed by atoms with Crippen molar-refractivity contribution in [2.45, 2.75) is 89.9 Å². The van der Waals surface area contributed by atoms with Crippen molar-refractivity contribution in [3.05, 3.63) is 0 Å². The molecule has 3 saturated heterocycles. The normalized spacial score (nSPS) is 13.5. The summed E-state index contributed by atoms with van der Waals surface area (Å²) in [7, 11) is 4.11. The lowest BCUT2D eigenvalue weighted by molar-refractivity contribution is -0.154. The number of alkyl carbamates (subject to hydrolysis) is 3. The first-order valence-electron chi connectivity index (χ1n) is 37.4. The zero-order valence-electron chi connectivity index (χ0n) is 68.4. The van der Waals surface area contributed by atoms with E-state index in [1.165, 1.54) is 0 Å². The maximum absolute atomic E-state index is 13.3. The third-order valence-electron chi connectivity index (χ3n) is 15.1. The van der Waals surface area contributed by atoms with E-state index in [0.717, 1.165) is 52.4 Å². The molecule has 23 heteroatoms. The first kappa shape index (κ1) is 100. The van der Waals surface area contributed by atoms with Crippen LogP contribution in [0.4, 0.5) is 14.4 Å². The van der Waals surface area contributed by atoms with Crippen molar-refractivity contribution in [1.82, 2.24) is 45.3 Å². The second-order valence-corrected chi connectivity index (χ2v) is 24.8. The van der Waals surface area contributed by atoms with Gasteiger partial charge in [-0.25, -0.2) is 30.3 Å². The molecular weight excluding hydrogens is 1530 g/mol. The molecule has 8 atom stereocenters. The summed E-state index contributed by atoms with van der Waals surface area (Å²) in [6.07, 6.45) is 8.59. The zero-order chi connectivity index (χ0) is 87.3. The fourth-order valence-corrected chi connectivity index (χ4v) is 9.41. The molecule has 3 heterocycles.